The molecule has 3 nitrogen and oxygen atoms in total. The van der Waals surface area contributed by atoms with Crippen LogP contribution >= 0.6 is 11.3 Å². The van der Waals surface area contributed by atoms with E-state index in [4.69, 9.17) is 4.74 Å². The van der Waals surface area contributed by atoms with Crippen molar-refractivity contribution in [2.45, 2.75) is 6.92 Å². The number of pyridine rings is 1. The Bertz CT molecular complexity index is 545. The average Bonchev–Trinajstić information content (AvgIpc) is 2.75. The third kappa shape index (κ3) is 1.84. The first-order chi connectivity index (χ1) is 7.76. The van der Waals surface area contributed by atoms with Crippen molar-refractivity contribution in [1.82, 2.24) is 4.98 Å². The van der Waals surface area contributed by atoms with E-state index in [1.54, 1.807) is 30.4 Å². The molecule has 0 saturated carbocycles. The van der Waals surface area contributed by atoms with E-state index < -0.39 is 5.97 Å². The molecule has 0 radical (unpaired) electrons. The molecule has 0 fully saturated rings. The summed E-state index contributed by atoms with van der Waals surface area (Å²) in [6, 6.07) is 3.70. The number of hydrogen-bond donors (Lipinski definition) is 0. The van der Waals surface area contributed by atoms with Crippen LogP contribution in [-0.4, -0.2) is 17.6 Å². The van der Waals surface area contributed by atoms with Gasteiger partial charge in [0.15, 0.2) is 0 Å². The van der Waals surface area contributed by atoms with Gasteiger partial charge in [-0.05, 0) is 35.9 Å². The molecule has 82 valence electrons. The number of thiophene rings is 1. The second-order valence-electron chi connectivity index (χ2n) is 3.16. The van der Waals surface area contributed by atoms with E-state index in [-0.39, 0.29) is 0 Å². The van der Waals surface area contributed by atoms with Crippen molar-refractivity contribution in [2.24, 2.45) is 0 Å². The smallest absolute Gasteiger partial charge is 0.356 e. The Kier molecular flexibility index (Phi) is 3.01. The lowest BCUT2D eigenvalue weighted by Gasteiger charge is -2.03. The Balaban J connectivity index is 2.55. The lowest BCUT2D eigenvalue weighted by atomic mass is 10.2. The van der Waals surface area contributed by atoms with Crippen LogP contribution in [0.1, 0.15) is 23.1 Å². The zero-order valence-corrected chi connectivity index (χ0v) is 9.71. The fourth-order valence-electron chi connectivity index (χ4n) is 1.45. The first-order valence-corrected chi connectivity index (χ1v) is 5.82. The number of hydrogen-bond acceptors (Lipinski definition) is 4. The van der Waals surface area contributed by atoms with Crippen molar-refractivity contribution >= 4 is 33.5 Å². The molecule has 0 aliphatic heterocycles. The minimum absolute atomic E-state index is 0.336. The summed E-state index contributed by atoms with van der Waals surface area (Å²) in [4.78, 5) is 15.8. The molecule has 0 amide bonds. The van der Waals surface area contributed by atoms with Crippen LogP contribution in [0.2, 0.25) is 0 Å². The molecule has 0 N–H and O–H groups in total. The number of aromatic nitrogens is 1. The number of fused-ring (bicyclic) bond motifs is 1. The molecule has 4 heteroatoms. The third-order valence-electron chi connectivity index (χ3n) is 2.14. The first kappa shape index (κ1) is 10.8. The third-order valence-corrected chi connectivity index (χ3v) is 3.09. The highest BCUT2D eigenvalue weighted by atomic mass is 32.1. The van der Waals surface area contributed by atoms with Crippen LogP contribution in [0.3, 0.4) is 0 Å². The van der Waals surface area contributed by atoms with E-state index in [1.165, 1.54) is 0 Å². The summed E-state index contributed by atoms with van der Waals surface area (Å²) < 4.78 is 5.97. The average molecular weight is 233 g/mol. The van der Waals surface area contributed by atoms with Gasteiger partial charge in [0.05, 0.1) is 17.0 Å². The van der Waals surface area contributed by atoms with Crippen molar-refractivity contribution in [1.29, 1.82) is 0 Å². The standard InChI is InChI=1S/C12H11NO2S/c1-3-9-11-8(5-6-16-11)7-10(13-9)12(14)15-4-2/h3,5-7H,1,4H2,2H3. The van der Waals surface area contributed by atoms with Crippen molar-refractivity contribution in [3.05, 3.63) is 35.5 Å². The van der Waals surface area contributed by atoms with Gasteiger partial charge < -0.3 is 4.74 Å². The zero-order chi connectivity index (χ0) is 11.5. The van der Waals surface area contributed by atoms with Gasteiger partial charge in [0.2, 0.25) is 0 Å². The van der Waals surface area contributed by atoms with Crippen LogP contribution < -0.4 is 0 Å². The van der Waals surface area contributed by atoms with Crippen molar-refractivity contribution in [3.63, 3.8) is 0 Å². The normalized spacial score (nSPS) is 10.3. The van der Waals surface area contributed by atoms with Crippen LogP contribution in [0.15, 0.2) is 24.1 Å². The molecule has 0 spiro atoms. The fraction of sp³-hybridized carbons (Fsp3) is 0.167. The Morgan fingerprint density at radius 2 is 2.50 bits per heavy atom. The maximum Gasteiger partial charge on any atom is 0.356 e. The molecule has 2 rings (SSSR count). The molecule has 0 aliphatic carbocycles. The highest BCUT2D eigenvalue weighted by molar-refractivity contribution is 7.17. The fourth-order valence-corrected chi connectivity index (χ4v) is 2.31. The molecule has 0 aromatic carbocycles. The molecule has 0 atom stereocenters. The molecular weight excluding hydrogens is 222 g/mol. The first-order valence-electron chi connectivity index (χ1n) is 4.94. The van der Waals surface area contributed by atoms with Crippen LogP contribution in [0.25, 0.3) is 16.2 Å². The lowest BCUT2D eigenvalue weighted by Crippen LogP contribution is -2.07. The van der Waals surface area contributed by atoms with Crippen molar-refractivity contribution in [3.8, 4) is 0 Å². The number of nitrogens with zero attached hydrogens (tertiary/aromatic N) is 1. The summed E-state index contributed by atoms with van der Waals surface area (Å²) >= 11 is 1.59. The Morgan fingerprint density at radius 3 is 3.19 bits per heavy atom. The maximum atomic E-state index is 11.6. The predicted molar refractivity (Wildman–Crippen MR) is 65.7 cm³/mol. The van der Waals surface area contributed by atoms with Gasteiger partial charge in [-0.1, -0.05) is 6.58 Å². The van der Waals surface area contributed by atoms with Crippen molar-refractivity contribution in [2.75, 3.05) is 6.61 Å². The van der Waals surface area contributed by atoms with E-state index in [1.807, 2.05) is 11.4 Å². The van der Waals surface area contributed by atoms with E-state index >= 15 is 0 Å². The van der Waals surface area contributed by atoms with Crippen LogP contribution in [0.4, 0.5) is 0 Å². The molecular formula is C12H11NO2S. The monoisotopic (exact) mass is 233 g/mol. The second kappa shape index (κ2) is 4.45. The summed E-state index contributed by atoms with van der Waals surface area (Å²) in [5.74, 6) is -0.390. The highest BCUT2D eigenvalue weighted by Gasteiger charge is 2.12. The highest BCUT2D eigenvalue weighted by Crippen LogP contribution is 2.25. The number of carbonyl (C=O) groups is 1. The SMILES string of the molecule is C=Cc1nc(C(=O)OCC)cc2ccsc12. The largest absolute Gasteiger partial charge is 0.461 e. The molecule has 2 aromatic heterocycles. The minimum atomic E-state index is -0.390. The summed E-state index contributed by atoms with van der Waals surface area (Å²) in [5.41, 5.74) is 1.07. The molecule has 0 bridgehead atoms. The van der Waals surface area contributed by atoms with Gasteiger partial charge in [-0.15, -0.1) is 11.3 Å². The minimum Gasteiger partial charge on any atom is -0.461 e. The van der Waals surface area contributed by atoms with Crippen LogP contribution in [0.5, 0.6) is 0 Å². The van der Waals surface area contributed by atoms with Gasteiger partial charge >= 0.3 is 5.97 Å². The van der Waals surface area contributed by atoms with Gasteiger partial charge in [-0.3, -0.25) is 0 Å². The Hall–Kier alpha value is -1.68. The second-order valence-corrected chi connectivity index (χ2v) is 4.07. The maximum absolute atomic E-state index is 11.6. The Morgan fingerprint density at radius 1 is 1.69 bits per heavy atom. The van der Waals surface area contributed by atoms with E-state index in [0.717, 1.165) is 15.8 Å². The number of ether oxygens (including phenoxy) is 1. The molecule has 2 heterocycles. The lowest BCUT2D eigenvalue weighted by molar-refractivity contribution is 0.0519. The van der Waals surface area contributed by atoms with Crippen LogP contribution in [-0.2, 0) is 4.74 Å². The summed E-state index contributed by atoms with van der Waals surface area (Å²) in [6.07, 6.45) is 1.65. The quantitative estimate of drug-likeness (QED) is 0.765. The molecule has 2 aromatic rings. The van der Waals surface area contributed by atoms with Gasteiger partial charge in [-0.25, -0.2) is 9.78 Å². The van der Waals surface area contributed by atoms with E-state index in [0.29, 0.717) is 12.3 Å². The zero-order valence-electron chi connectivity index (χ0n) is 8.90. The van der Waals surface area contributed by atoms with Gasteiger partial charge in [0.1, 0.15) is 5.69 Å². The number of carbonyl (C=O) groups excluding carboxylic acids is 1. The van der Waals surface area contributed by atoms with E-state index in [2.05, 4.69) is 11.6 Å². The predicted octanol–water partition coefficient (Wildman–Crippen LogP) is 3.12. The summed E-state index contributed by atoms with van der Waals surface area (Å²) in [6.45, 7) is 5.83. The van der Waals surface area contributed by atoms with Gasteiger partial charge in [0, 0.05) is 0 Å². The molecule has 0 unspecified atom stereocenters. The molecule has 0 aliphatic rings. The van der Waals surface area contributed by atoms with E-state index in [9.17, 15) is 4.79 Å². The molecule has 0 saturated heterocycles. The van der Waals surface area contributed by atoms with Gasteiger partial charge in [0.25, 0.3) is 0 Å². The molecule has 16 heavy (non-hydrogen) atoms. The van der Waals surface area contributed by atoms with Crippen molar-refractivity contribution < 1.29 is 9.53 Å². The Labute approximate surface area is 97.4 Å². The summed E-state index contributed by atoms with van der Waals surface area (Å²) in [5, 5.41) is 2.96. The number of esters is 1. The van der Waals surface area contributed by atoms with Gasteiger partial charge in [-0.2, -0.15) is 0 Å². The number of rotatable bonds is 3. The van der Waals surface area contributed by atoms with Crippen LogP contribution in [0, 0.1) is 0 Å². The summed E-state index contributed by atoms with van der Waals surface area (Å²) in [7, 11) is 0. The topological polar surface area (TPSA) is 39.2 Å².